The Bertz CT molecular complexity index is 617. The van der Waals surface area contributed by atoms with Crippen LogP contribution in [0.25, 0.3) is 0 Å². The van der Waals surface area contributed by atoms with Gasteiger partial charge in [-0.05, 0) is 17.9 Å². The molecular formula is C13H12F2N2O2S. The molecule has 20 heavy (non-hydrogen) atoms. The van der Waals surface area contributed by atoms with Crippen LogP contribution in [-0.2, 0) is 0 Å². The van der Waals surface area contributed by atoms with Crippen molar-refractivity contribution in [2.75, 3.05) is 5.32 Å². The third-order valence-electron chi connectivity index (χ3n) is 2.84. The van der Waals surface area contributed by atoms with E-state index in [0.29, 0.717) is 12.5 Å². The average molecular weight is 298 g/mol. The second-order valence-corrected chi connectivity index (χ2v) is 5.14. The summed E-state index contributed by atoms with van der Waals surface area (Å²) in [5.74, 6) is -2.03. The molecule has 2 aromatic rings. The fraction of sp³-hybridized carbons (Fsp3) is 0.231. The zero-order chi connectivity index (χ0) is 14.7. The van der Waals surface area contributed by atoms with Crippen molar-refractivity contribution in [3.63, 3.8) is 0 Å². The normalized spacial score (nSPS) is 12.2. The summed E-state index contributed by atoms with van der Waals surface area (Å²) in [6.07, 6.45) is 0.635. The largest absolute Gasteiger partial charge is 0.372 e. The van der Waals surface area contributed by atoms with E-state index in [0.717, 1.165) is 10.9 Å². The standard InChI is InChI=1S/C13H12F2N2O2S/c1-2-10(12-4-3-5-20-12)16-11-7-8(14)6-9(15)13(11)17(18)19/h3-7,10,16H,2H2,1H3. The number of nitro groups is 1. The van der Waals surface area contributed by atoms with Crippen LogP contribution in [0.15, 0.2) is 29.6 Å². The van der Waals surface area contributed by atoms with Gasteiger partial charge < -0.3 is 5.32 Å². The first kappa shape index (κ1) is 14.4. The van der Waals surface area contributed by atoms with E-state index < -0.39 is 22.2 Å². The molecule has 0 saturated carbocycles. The number of halogens is 2. The van der Waals surface area contributed by atoms with Crippen LogP contribution in [0.3, 0.4) is 0 Å². The van der Waals surface area contributed by atoms with Crippen LogP contribution in [0, 0.1) is 21.7 Å². The van der Waals surface area contributed by atoms with Gasteiger partial charge in [0.05, 0.1) is 11.0 Å². The molecule has 1 aromatic carbocycles. The van der Waals surface area contributed by atoms with Crippen LogP contribution in [0.4, 0.5) is 20.2 Å². The Morgan fingerprint density at radius 1 is 1.45 bits per heavy atom. The molecule has 0 aliphatic rings. The molecule has 0 bridgehead atoms. The number of nitro benzene ring substituents is 1. The molecule has 7 heteroatoms. The van der Waals surface area contributed by atoms with Crippen LogP contribution in [0.1, 0.15) is 24.3 Å². The molecule has 4 nitrogen and oxygen atoms in total. The zero-order valence-electron chi connectivity index (χ0n) is 10.6. The van der Waals surface area contributed by atoms with Crippen molar-refractivity contribution in [3.8, 4) is 0 Å². The third-order valence-corrected chi connectivity index (χ3v) is 3.82. The summed E-state index contributed by atoms with van der Waals surface area (Å²) < 4.78 is 26.8. The van der Waals surface area contributed by atoms with Crippen molar-refractivity contribution in [1.29, 1.82) is 0 Å². The molecule has 106 valence electrons. The predicted molar refractivity (Wildman–Crippen MR) is 74.0 cm³/mol. The smallest absolute Gasteiger partial charge is 0.327 e. The van der Waals surface area contributed by atoms with Gasteiger partial charge in [0.1, 0.15) is 11.5 Å². The van der Waals surface area contributed by atoms with E-state index in [9.17, 15) is 18.9 Å². The minimum absolute atomic E-state index is 0.146. The van der Waals surface area contributed by atoms with E-state index in [1.807, 2.05) is 24.4 Å². The van der Waals surface area contributed by atoms with Crippen LogP contribution in [0.2, 0.25) is 0 Å². The Hall–Kier alpha value is -2.02. The van der Waals surface area contributed by atoms with Crippen molar-refractivity contribution in [2.24, 2.45) is 0 Å². The van der Waals surface area contributed by atoms with Gasteiger partial charge in [-0.1, -0.05) is 13.0 Å². The summed E-state index contributed by atoms with van der Waals surface area (Å²) in [6, 6.07) is 4.94. The highest BCUT2D eigenvalue weighted by Crippen LogP contribution is 2.33. The molecule has 1 unspecified atom stereocenters. The monoisotopic (exact) mass is 298 g/mol. The summed E-state index contributed by atoms with van der Waals surface area (Å²) in [4.78, 5) is 11.0. The Morgan fingerprint density at radius 2 is 2.20 bits per heavy atom. The topological polar surface area (TPSA) is 55.2 Å². The molecule has 2 rings (SSSR count). The van der Waals surface area contributed by atoms with Gasteiger partial charge in [-0.25, -0.2) is 4.39 Å². The minimum atomic E-state index is -1.18. The van der Waals surface area contributed by atoms with E-state index in [-0.39, 0.29) is 11.7 Å². The number of benzene rings is 1. The number of nitrogens with zero attached hydrogens (tertiary/aromatic N) is 1. The van der Waals surface area contributed by atoms with Crippen molar-refractivity contribution < 1.29 is 13.7 Å². The highest BCUT2D eigenvalue weighted by Gasteiger charge is 2.24. The van der Waals surface area contributed by atoms with E-state index in [1.54, 1.807) is 0 Å². The average Bonchev–Trinajstić information content (AvgIpc) is 2.88. The summed E-state index contributed by atoms with van der Waals surface area (Å²) in [5.41, 5.74) is -0.880. The lowest BCUT2D eigenvalue weighted by molar-refractivity contribution is -0.386. The fourth-order valence-electron chi connectivity index (χ4n) is 1.91. The zero-order valence-corrected chi connectivity index (χ0v) is 11.4. The van der Waals surface area contributed by atoms with E-state index in [1.165, 1.54) is 11.3 Å². The van der Waals surface area contributed by atoms with Crippen molar-refractivity contribution in [1.82, 2.24) is 0 Å². The second kappa shape index (κ2) is 5.96. The maximum atomic E-state index is 13.5. The number of hydrogen-bond acceptors (Lipinski definition) is 4. The molecule has 0 aliphatic heterocycles. The van der Waals surface area contributed by atoms with Crippen molar-refractivity contribution in [2.45, 2.75) is 19.4 Å². The first-order valence-electron chi connectivity index (χ1n) is 5.96. The lowest BCUT2D eigenvalue weighted by Gasteiger charge is -2.17. The Balaban J connectivity index is 2.39. The number of anilines is 1. The lowest BCUT2D eigenvalue weighted by atomic mass is 10.1. The molecular weight excluding hydrogens is 286 g/mol. The first-order chi connectivity index (χ1) is 9.52. The highest BCUT2D eigenvalue weighted by atomic mass is 32.1. The van der Waals surface area contributed by atoms with Gasteiger partial charge in [-0.15, -0.1) is 11.3 Å². The van der Waals surface area contributed by atoms with Crippen LogP contribution in [-0.4, -0.2) is 4.92 Å². The van der Waals surface area contributed by atoms with Crippen molar-refractivity contribution >= 4 is 22.7 Å². The maximum Gasteiger partial charge on any atom is 0.327 e. The van der Waals surface area contributed by atoms with Gasteiger partial charge in [0.25, 0.3) is 0 Å². The number of nitrogens with one attached hydrogen (secondary N) is 1. The first-order valence-corrected chi connectivity index (χ1v) is 6.84. The molecule has 0 saturated heterocycles. The van der Waals surface area contributed by atoms with Crippen LogP contribution in [0.5, 0.6) is 0 Å². The second-order valence-electron chi connectivity index (χ2n) is 4.16. The SMILES string of the molecule is CCC(Nc1cc(F)cc(F)c1[N+](=O)[O-])c1cccs1. The molecule has 1 atom stereocenters. The van der Waals surface area contributed by atoms with E-state index in [2.05, 4.69) is 5.32 Å². The summed E-state index contributed by atoms with van der Waals surface area (Å²) in [6.45, 7) is 1.89. The maximum absolute atomic E-state index is 13.5. The Labute approximate surface area is 118 Å². The Kier molecular flexibility index (Phi) is 4.29. The van der Waals surface area contributed by atoms with E-state index in [4.69, 9.17) is 0 Å². The van der Waals surface area contributed by atoms with Gasteiger partial charge >= 0.3 is 5.69 Å². The molecule has 0 fully saturated rings. The number of hydrogen-bond donors (Lipinski definition) is 1. The lowest BCUT2D eigenvalue weighted by Crippen LogP contribution is -2.11. The molecule has 0 radical (unpaired) electrons. The Morgan fingerprint density at radius 3 is 2.75 bits per heavy atom. The predicted octanol–water partition coefficient (Wildman–Crippen LogP) is 4.50. The summed E-state index contributed by atoms with van der Waals surface area (Å²) in [7, 11) is 0. The van der Waals surface area contributed by atoms with Gasteiger partial charge in [0, 0.05) is 17.0 Å². The van der Waals surface area contributed by atoms with Gasteiger partial charge in [-0.3, -0.25) is 10.1 Å². The van der Waals surface area contributed by atoms with Gasteiger partial charge in [-0.2, -0.15) is 4.39 Å². The van der Waals surface area contributed by atoms with Gasteiger partial charge in [0.15, 0.2) is 0 Å². The van der Waals surface area contributed by atoms with Crippen molar-refractivity contribution in [3.05, 3.63) is 56.3 Å². The number of rotatable bonds is 5. The highest BCUT2D eigenvalue weighted by molar-refractivity contribution is 7.10. The molecule has 0 amide bonds. The molecule has 0 aliphatic carbocycles. The van der Waals surface area contributed by atoms with Gasteiger partial charge in [0.2, 0.25) is 5.82 Å². The van der Waals surface area contributed by atoms with Crippen LogP contribution < -0.4 is 5.32 Å². The minimum Gasteiger partial charge on any atom is -0.372 e. The fourth-order valence-corrected chi connectivity index (χ4v) is 2.77. The summed E-state index contributed by atoms with van der Waals surface area (Å²) >= 11 is 1.48. The van der Waals surface area contributed by atoms with Crippen LogP contribution >= 0.6 is 11.3 Å². The number of thiophene rings is 1. The molecule has 0 spiro atoms. The quantitative estimate of drug-likeness (QED) is 0.653. The third kappa shape index (κ3) is 2.93. The molecule has 1 aromatic heterocycles. The molecule has 1 N–H and O–H groups in total. The summed E-state index contributed by atoms with van der Waals surface area (Å²) in [5, 5.41) is 15.6. The van der Waals surface area contributed by atoms with E-state index >= 15 is 0 Å². The molecule has 1 heterocycles.